The van der Waals surface area contributed by atoms with Crippen molar-refractivity contribution in [1.82, 2.24) is 5.43 Å². The number of rotatable bonds is 5. The highest BCUT2D eigenvalue weighted by molar-refractivity contribution is 6.42. The number of hydrogen-bond donors (Lipinski definition) is 2. The predicted molar refractivity (Wildman–Crippen MR) is 91.9 cm³/mol. The van der Waals surface area contributed by atoms with Crippen LogP contribution in [0.25, 0.3) is 0 Å². The van der Waals surface area contributed by atoms with Gasteiger partial charge in [-0.25, -0.2) is 5.43 Å². The average Bonchev–Trinajstić information content (AvgIpc) is 2.50. The van der Waals surface area contributed by atoms with Crippen LogP contribution in [-0.4, -0.2) is 18.7 Å². The molecule has 6 heteroatoms. The summed E-state index contributed by atoms with van der Waals surface area (Å²) in [5.74, 6) is -0.237. The number of nitrogens with one attached hydrogen (secondary N) is 2. The Morgan fingerprint density at radius 1 is 1.18 bits per heavy atom. The van der Waals surface area contributed by atoms with Gasteiger partial charge in [0, 0.05) is 5.69 Å². The molecule has 0 fully saturated rings. The van der Waals surface area contributed by atoms with Gasteiger partial charge in [0.05, 0.1) is 22.8 Å². The van der Waals surface area contributed by atoms with Crippen LogP contribution in [0, 0.1) is 6.92 Å². The molecule has 0 aromatic heterocycles. The third-order valence-corrected chi connectivity index (χ3v) is 3.67. The number of hydrazone groups is 1. The van der Waals surface area contributed by atoms with Crippen LogP contribution in [0.15, 0.2) is 47.6 Å². The summed E-state index contributed by atoms with van der Waals surface area (Å²) < 4.78 is 0. The highest BCUT2D eigenvalue weighted by Crippen LogP contribution is 2.21. The fourth-order valence-corrected chi connectivity index (χ4v) is 2.06. The zero-order valence-corrected chi connectivity index (χ0v) is 13.4. The van der Waals surface area contributed by atoms with Crippen LogP contribution >= 0.6 is 23.2 Å². The van der Waals surface area contributed by atoms with Gasteiger partial charge in [-0.2, -0.15) is 5.10 Å². The van der Waals surface area contributed by atoms with Gasteiger partial charge in [0.2, 0.25) is 0 Å². The van der Waals surface area contributed by atoms with Crippen LogP contribution in [0.4, 0.5) is 5.69 Å². The van der Waals surface area contributed by atoms with Crippen LogP contribution in [0.1, 0.15) is 11.1 Å². The van der Waals surface area contributed by atoms with Gasteiger partial charge in [-0.1, -0.05) is 47.5 Å². The summed E-state index contributed by atoms with van der Waals surface area (Å²) in [6.45, 7) is 2.12. The molecule has 0 radical (unpaired) electrons. The third-order valence-electron chi connectivity index (χ3n) is 2.93. The Balaban J connectivity index is 1.83. The van der Waals surface area contributed by atoms with Crippen molar-refractivity contribution in [2.24, 2.45) is 5.10 Å². The van der Waals surface area contributed by atoms with Crippen LogP contribution in [0.5, 0.6) is 0 Å². The molecule has 0 spiro atoms. The third kappa shape index (κ3) is 4.76. The monoisotopic (exact) mass is 335 g/mol. The Morgan fingerprint density at radius 3 is 2.68 bits per heavy atom. The Hall–Kier alpha value is -2.04. The maximum absolute atomic E-state index is 11.7. The van der Waals surface area contributed by atoms with E-state index in [9.17, 15) is 4.79 Å². The Bertz CT molecular complexity index is 702. The second-order valence-electron chi connectivity index (χ2n) is 4.64. The van der Waals surface area contributed by atoms with Gasteiger partial charge in [-0.3, -0.25) is 4.79 Å². The van der Waals surface area contributed by atoms with E-state index in [1.807, 2.05) is 31.2 Å². The molecule has 2 aromatic carbocycles. The number of carbonyl (C=O) groups is 1. The van der Waals surface area contributed by atoms with E-state index in [0.717, 1.165) is 16.8 Å². The molecule has 2 N–H and O–H groups in total. The quantitative estimate of drug-likeness (QED) is 0.643. The van der Waals surface area contributed by atoms with Crippen molar-refractivity contribution in [1.29, 1.82) is 0 Å². The zero-order valence-electron chi connectivity index (χ0n) is 11.9. The fourth-order valence-electron chi connectivity index (χ4n) is 1.76. The molecule has 0 atom stereocenters. The second-order valence-corrected chi connectivity index (χ2v) is 5.45. The summed E-state index contributed by atoms with van der Waals surface area (Å²) >= 11 is 11.7. The summed E-state index contributed by atoms with van der Waals surface area (Å²) in [6.07, 6.45) is 1.51. The Labute approximate surface area is 139 Å². The molecular formula is C16H15Cl2N3O. The molecule has 114 valence electrons. The first kappa shape index (κ1) is 16.3. The van der Waals surface area contributed by atoms with E-state index in [1.54, 1.807) is 18.2 Å². The maximum atomic E-state index is 11.7. The van der Waals surface area contributed by atoms with Gasteiger partial charge >= 0.3 is 0 Å². The van der Waals surface area contributed by atoms with Gasteiger partial charge in [0.1, 0.15) is 0 Å². The van der Waals surface area contributed by atoms with E-state index in [2.05, 4.69) is 15.8 Å². The van der Waals surface area contributed by atoms with Crippen LogP contribution in [0.2, 0.25) is 10.0 Å². The summed E-state index contributed by atoms with van der Waals surface area (Å²) in [5, 5.41) is 7.85. The lowest BCUT2D eigenvalue weighted by Gasteiger charge is -2.07. The molecule has 0 aliphatic carbocycles. The lowest BCUT2D eigenvalue weighted by molar-refractivity contribution is -0.119. The molecule has 0 saturated carbocycles. The summed E-state index contributed by atoms with van der Waals surface area (Å²) in [4.78, 5) is 11.7. The smallest absolute Gasteiger partial charge is 0.259 e. The summed E-state index contributed by atoms with van der Waals surface area (Å²) in [7, 11) is 0. The van der Waals surface area contributed by atoms with Crippen LogP contribution in [0.3, 0.4) is 0 Å². The second kappa shape index (κ2) is 7.82. The number of anilines is 1. The first-order valence-corrected chi connectivity index (χ1v) is 7.38. The number of para-hydroxylation sites is 1. The number of carbonyl (C=O) groups excluding carboxylic acids is 1. The molecule has 0 aliphatic rings. The molecule has 4 nitrogen and oxygen atoms in total. The van der Waals surface area contributed by atoms with Gasteiger partial charge < -0.3 is 5.32 Å². The number of benzene rings is 2. The molecule has 2 aromatic rings. The number of halogens is 2. The van der Waals surface area contributed by atoms with E-state index in [1.165, 1.54) is 6.21 Å². The topological polar surface area (TPSA) is 53.5 Å². The summed E-state index contributed by atoms with van der Waals surface area (Å²) in [6, 6.07) is 12.9. The van der Waals surface area contributed by atoms with Gasteiger partial charge in [0.25, 0.3) is 5.91 Å². The molecular weight excluding hydrogens is 321 g/mol. The highest BCUT2D eigenvalue weighted by atomic mass is 35.5. The Morgan fingerprint density at radius 2 is 1.95 bits per heavy atom. The van der Waals surface area contributed by atoms with Crippen molar-refractivity contribution >= 4 is 41.0 Å². The molecule has 0 saturated heterocycles. The minimum Gasteiger partial charge on any atom is -0.376 e. The Kier molecular flexibility index (Phi) is 5.81. The van der Waals surface area contributed by atoms with Crippen molar-refractivity contribution in [2.75, 3.05) is 11.9 Å². The SMILES string of the molecule is Cc1ccccc1NCC(=O)N/N=C/c1ccc(Cl)c(Cl)c1. The van der Waals surface area contributed by atoms with Crippen molar-refractivity contribution < 1.29 is 4.79 Å². The molecule has 0 aliphatic heterocycles. The van der Waals surface area contributed by atoms with E-state index in [-0.39, 0.29) is 12.5 Å². The fraction of sp³-hybridized carbons (Fsp3) is 0.125. The average molecular weight is 336 g/mol. The number of hydrogen-bond acceptors (Lipinski definition) is 3. The number of aryl methyl sites for hydroxylation is 1. The van der Waals surface area contributed by atoms with Crippen molar-refractivity contribution in [3.63, 3.8) is 0 Å². The molecule has 0 heterocycles. The maximum Gasteiger partial charge on any atom is 0.259 e. The minimum atomic E-state index is -0.237. The van der Waals surface area contributed by atoms with Gasteiger partial charge in [0.15, 0.2) is 0 Å². The first-order valence-electron chi connectivity index (χ1n) is 6.63. The minimum absolute atomic E-state index is 0.142. The lowest BCUT2D eigenvalue weighted by atomic mass is 10.2. The van der Waals surface area contributed by atoms with E-state index >= 15 is 0 Å². The largest absolute Gasteiger partial charge is 0.376 e. The normalized spacial score (nSPS) is 10.7. The van der Waals surface area contributed by atoms with E-state index in [0.29, 0.717) is 10.0 Å². The van der Waals surface area contributed by atoms with E-state index in [4.69, 9.17) is 23.2 Å². The number of nitrogens with zero attached hydrogens (tertiary/aromatic N) is 1. The van der Waals surface area contributed by atoms with Crippen molar-refractivity contribution in [3.8, 4) is 0 Å². The molecule has 2 rings (SSSR count). The summed E-state index contributed by atoms with van der Waals surface area (Å²) in [5.41, 5.74) is 5.20. The highest BCUT2D eigenvalue weighted by Gasteiger charge is 2.01. The molecule has 0 bridgehead atoms. The van der Waals surface area contributed by atoms with Crippen LogP contribution < -0.4 is 10.7 Å². The van der Waals surface area contributed by atoms with Crippen molar-refractivity contribution in [3.05, 3.63) is 63.6 Å². The predicted octanol–water partition coefficient (Wildman–Crippen LogP) is 3.86. The number of amides is 1. The molecule has 0 unspecified atom stereocenters. The molecule has 1 amide bonds. The van der Waals surface area contributed by atoms with Crippen molar-refractivity contribution in [2.45, 2.75) is 6.92 Å². The van der Waals surface area contributed by atoms with E-state index < -0.39 is 0 Å². The standard InChI is InChI=1S/C16H15Cl2N3O/c1-11-4-2-3-5-15(11)19-10-16(22)21-20-9-12-6-7-13(17)14(18)8-12/h2-9,19H,10H2,1H3,(H,21,22)/b20-9+. The van der Waals surface area contributed by atoms with Gasteiger partial charge in [-0.15, -0.1) is 0 Å². The lowest BCUT2D eigenvalue weighted by Crippen LogP contribution is -2.26. The van der Waals surface area contributed by atoms with Crippen LogP contribution in [-0.2, 0) is 4.79 Å². The molecule has 22 heavy (non-hydrogen) atoms. The first-order chi connectivity index (χ1) is 10.6. The van der Waals surface area contributed by atoms with Gasteiger partial charge in [-0.05, 0) is 36.2 Å². The zero-order chi connectivity index (χ0) is 15.9.